The SMILES string of the molecule is Fc1ccccc1C(CNC1CC1)Cc1ccccc1Cl. The molecule has 0 heterocycles. The van der Waals surface area contributed by atoms with Gasteiger partial charge >= 0.3 is 0 Å². The Morgan fingerprint density at radius 1 is 1.10 bits per heavy atom. The summed E-state index contributed by atoms with van der Waals surface area (Å²) in [5, 5.41) is 4.27. The fraction of sp³-hybridized carbons (Fsp3) is 0.333. The van der Waals surface area contributed by atoms with E-state index in [1.807, 2.05) is 36.4 Å². The maximum atomic E-state index is 14.1. The number of hydrogen-bond acceptors (Lipinski definition) is 1. The molecule has 21 heavy (non-hydrogen) atoms. The molecule has 0 saturated heterocycles. The summed E-state index contributed by atoms with van der Waals surface area (Å²) in [5.41, 5.74) is 1.84. The summed E-state index contributed by atoms with van der Waals surface area (Å²) in [4.78, 5) is 0. The fourth-order valence-electron chi connectivity index (χ4n) is 2.62. The van der Waals surface area contributed by atoms with Gasteiger partial charge in [0.15, 0.2) is 0 Å². The van der Waals surface area contributed by atoms with Crippen molar-refractivity contribution in [2.24, 2.45) is 0 Å². The van der Waals surface area contributed by atoms with Crippen molar-refractivity contribution in [3.8, 4) is 0 Å². The van der Waals surface area contributed by atoms with E-state index in [9.17, 15) is 4.39 Å². The van der Waals surface area contributed by atoms with E-state index >= 15 is 0 Å². The van der Waals surface area contributed by atoms with Crippen LogP contribution in [0.3, 0.4) is 0 Å². The van der Waals surface area contributed by atoms with Crippen molar-refractivity contribution in [3.05, 3.63) is 70.5 Å². The molecule has 0 spiro atoms. The molecule has 0 bridgehead atoms. The van der Waals surface area contributed by atoms with Crippen LogP contribution in [0.25, 0.3) is 0 Å². The second-order valence-electron chi connectivity index (χ2n) is 5.70. The maximum absolute atomic E-state index is 14.1. The van der Waals surface area contributed by atoms with Gasteiger partial charge in [-0.05, 0) is 42.5 Å². The Balaban J connectivity index is 1.81. The number of nitrogens with one attached hydrogen (secondary N) is 1. The van der Waals surface area contributed by atoms with Crippen molar-refractivity contribution >= 4 is 11.6 Å². The zero-order valence-electron chi connectivity index (χ0n) is 11.9. The van der Waals surface area contributed by atoms with Crippen LogP contribution in [0.1, 0.15) is 29.9 Å². The van der Waals surface area contributed by atoms with E-state index in [2.05, 4.69) is 5.32 Å². The summed E-state index contributed by atoms with van der Waals surface area (Å²) < 4.78 is 14.1. The molecule has 0 radical (unpaired) electrons. The average Bonchev–Trinajstić information content (AvgIpc) is 3.30. The lowest BCUT2D eigenvalue weighted by molar-refractivity contribution is 0.536. The first-order valence-electron chi connectivity index (χ1n) is 7.45. The number of halogens is 2. The van der Waals surface area contributed by atoms with Crippen LogP contribution in [0.2, 0.25) is 5.02 Å². The Morgan fingerprint density at radius 2 is 1.81 bits per heavy atom. The quantitative estimate of drug-likeness (QED) is 0.825. The average molecular weight is 304 g/mol. The van der Waals surface area contributed by atoms with E-state index < -0.39 is 0 Å². The highest BCUT2D eigenvalue weighted by Crippen LogP contribution is 2.28. The largest absolute Gasteiger partial charge is 0.313 e. The van der Waals surface area contributed by atoms with E-state index in [1.165, 1.54) is 18.9 Å². The van der Waals surface area contributed by atoms with Gasteiger partial charge < -0.3 is 5.32 Å². The van der Waals surface area contributed by atoms with E-state index in [0.717, 1.165) is 29.1 Å². The monoisotopic (exact) mass is 303 g/mol. The van der Waals surface area contributed by atoms with Gasteiger partial charge in [0.2, 0.25) is 0 Å². The van der Waals surface area contributed by atoms with Crippen molar-refractivity contribution in [1.82, 2.24) is 5.32 Å². The molecule has 1 unspecified atom stereocenters. The maximum Gasteiger partial charge on any atom is 0.126 e. The van der Waals surface area contributed by atoms with E-state index in [4.69, 9.17) is 11.6 Å². The zero-order valence-corrected chi connectivity index (χ0v) is 12.6. The summed E-state index contributed by atoms with van der Waals surface area (Å²) >= 11 is 6.26. The molecule has 110 valence electrons. The molecule has 1 aliphatic carbocycles. The highest BCUT2D eigenvalue weighted by Gasteiger charge is 2.24. The third kappa shape index (κ3) is 3.84. The number of benzene rings is 2. The van der Waals surface area contributed by atoms with Crippen LogP contribution in [-0.4, -0.2) is 12.6 Å². The molecule has 1 nitrogen and oxygen atoms in total. The van der Waals surface area contributed by atoms with Crippen molar-refractivity contribution in [2.45, 2.75) is 31.2 Å². The predicted octanol–water partition coefficient (Wildman–Crippen LogP) is 4.56. The van der Waals surface area contributed by atoms with E-state index in [0.29, 0.717) is 6.04 Å². The molecule has 0 aliphatic heterocycles. The first-order valence-corrected chi connectivity index (χ1v) is 7.83. The van der Waals surface area contributed by atoms with Crippen molar-refractivity contribution < 1.29 is 4.39 Å². The van der Waals surface area contributed by atoms with Gasteiger partial charge in [-0.3, -0.25) is 0 Å². The van der Waals surface area contributed by atoms with Gasteiger partial charge in [0.1, 0.15) is 5.82 Å². The second-order valence-corrected chi connectivity index (χ2v) is 6.10. The minimum Gasteiger partial charge on any atom is -0.313 e. The van der Waals surface area contributed by atoms with Crippen LogP contribution >= 0.6 is 11.6 Å². The van der Waals surface area contributed by atoms with Crippen LogP contribution in [0.5, 0.6) is 0 Å². The Hall–Kier alpha value is -1.38. The van der Waals surface area contributed by atoms with Crippen molar-refractivity contribution in [1.29, 1.82) is 0 Å². The van der Waals surface area contributed by atoms with E-state index in [1.54, 1.807) is 6.07 Å². The zero-order chi connectivity index (χ0) is 14.7. The number of rotatable bonds is 6. The second kappa shape index (κ2) is 6.59. The Labute approximate surface area is 130 Å². The van der Waals surface area contributed by atoms with Crippen LogP contribution in [0.15, 0.2) is 48.5 Å². The molecule has 1 atom stereocenters. The van der Waals surface area contributed by atoms with Crippen LogP contribution < -0.4 is 5.32 Å². The molecule has 3 heteroatoms. The van der Waals surface area contributed by atoms with Crippen LogP contribution in [-0.2, 0) is 6.42 Å². The molecular weight excluding hydrogens is 285 g/mol. The highest BCUT2D eigenvalue weighted by molar-refractivity contribution is 6.31. The summed E-state index contributed by atoms with van der Waals surface area (Å²) in [6.45, 7) is 0.789. The minimum atomic E-state index is -0.132. The van der Waals surface area contributed by atoms with Gasteiger partial charge in [0.25, 0.3) is 0 Å². The van der Waals surface area contributed by atoms with Gasteiger partial charge in [0.05, 0.1) is 0 Å². The van der Waals surface area contributed by atoms with Gasteiger partial charge in [-0.1, -0.05) is 48.0 Å². The third-order valence-corrected chi connectivity index (χ3v) is 4.37. The van der Waals surface area contributed by atoms with Gasteiger partial charge in [-0.25, -0.2) is 4.39 Å². The first kappa shape index (κ1) is 14.6. The summed E-state index contributed by atoms with van der Waals surface area (Å²) in [6, 6.07) is 15.5. The molecule has 3 rings (SSSR count). The molecular formula is C18H19ClFN. The number of hydrogen-bond donors (Lipinski definition) is 1. The van der Waals surface area contributed by atoms with Gasteiger partial charge in [-0.15, -0.1) is 0 Å². The smallest absolute Gasteiger partial charge is 0.126 e. The molecule has 1 saturated carbocycles. The molecule has 2 aromatic carbocycles. The van der Waals surface area contributed by atoms with Crippen LogP contribution in [0, 0.1) is 5.82 Å². The lowest BCUT2D eigenvalue weighted by atomic mass is 9.91. The molecule has 1 aliphatic rings. The summed E-state index contributed by atoms with van der Waals surface area (Å²) in [5.74, 6) is -0.0288. The lowest BCUT2D eigenvalue weighted by Gasteiger charge is -2.19. The van der Waals surface area contributed by atoms with Gasteiger partial charge in [-0.2, -0.15) is 0 Å². The third-order valence-electron chi connectivity index (χ3n) is 4.00. The highest BCUT2D eigenvalue weighted by atomic mass is 35.5. The summed E-state index contributed by atoms with van der Waals surface area (Å²) in [6.07, 6.45) is 3.21. The Morgan fingerprint density at radius 3 is 2.52 bits per heavy atom. The van der Waals surface area contributed by atoms with Crippen molar-refractivity contribution in [3.63, 3.8) is 0 Å². The fourth-order valence-corrected chi connectivity index (χ4v) is 2.84. The molecule has 2 aromatic rings. The lowest BCUT2D eigenvalue weighted by Crippen LogP contribution is -2.25. The topological polar surface area (TPSA) is 12.0 Å². The van der Waals surface area contributed by atoms with Crippen molar-refractivity contribution in [2.75, 3.05) is 6.54 Å². The standard InChI is InChI=1S/C18H19ClFN/c19-17-7-3-1-5-13(17)11-14(12-21-15-9-10-15)16-6-2-4-8-18(16)20/h1-8,14-15,21H,9-12H2. The van der Waals surface area contributed by atoms with E-state index in [-0.39, 0.29) is 11.7 Å². The Kier molecular flexibility index (Phi) is 4.57. The molecule has 0 aromatic heterocycles. The molecule has 0 amide bonds. The minimum absolute atomic E-state index is 0.103. The predicted molar refractivity (Wildman–Crippen MR) is 85.3 cm³/mol. The normalized spacial score (nSPS) is 15.9. The van der Waals surface area contributed by atoms with Crippen LogP contribution in [0.4, 0.5) is 4.39 Å². The molecule has 1 fully saturated rings. The van der Waals surface area contributed by atoms with Gasteiger partial charge in [0, 0.05) is 23.5 Å². The summed E-state index contributed by atoms with van der Waals surface area (Å²) in [7, 11) is 0. The molecule has 1 N–H and O–H groups in total. The first-order chi connectivity index (χ1) is 10.2. The Bertz CT molecular complexity index is 610.